The maximum absolute atomic E-state index is 12.0. The zero-order valence-corrected chi connectivity index (χ0v) is 13.0. The number of nitrogens with two attached hydrogens (primary N) is 1. The third kappa shape index (κ3) is 3.88. The highest BCUT2D eigenvalue weighted by Gasteiger charge is 2.31. The van der Waals surface area contributed by atoms with Gasteiger partial charge in [0, 0.05) is 19.0 Å². The molecule has 1 heterocycles. The quantitative estimate of drug-likeness (QED) is 0.474. The second-order valence-electron chi connectivity index (χ2n) is 4.88. The highest BCUT2D eigenvalue weighted by atomic mass is 32.2. The number of rotatable bonds is 6. The molecule has 0 aliphatic rings. The Balaban J connectivity index is 2.90. The average Bonchev–Trinajstić information content (AvgIpc) is 2.35. The molecule has 1 aromatic heterocycles. The molecular weight excluding hydrogens is 304 g/mol. The maximum atomic E-state index is 12.0. The van der Waals surface area contributed by atoms with Crippen LogP contribution in [0.4, 0.5) is 5.82 Å². The number of anilines is 1. The normalized spacial score (nSPS) is 13.2. The first-order valence-corrected chi connectivity index (χ1v) is 8.99. The molecule has 1 aromatic rings. The first kappa shape index (κ1) is 16.8. The van der Waals surface area contributed by atoms with E-state index in [2.05, 4.69) is 15.1 Å². The topological polar surface area (TPSA) is 131 Å². The van der Waals surface area contributed by atoms with Crippen molar-refractivity contribution in [3.8, 4) is 0 Å². The maximum Gasteiger partial charge on any atom is 0.242 e. The third-order valence-corrected chi connectivity index (χ3v) is 6.42. The van der Waals surface area contributed by atoms with Crippen LogP contribution in [0.25, 0.3) is 0 Å². The summed E-state index contributed by atoms with van der Waals surface area (Å²) in [6.45, 7) is 2.67. The molecule has 8 nitrogen and oxygen atoms in total. The summed E-state index contributed by atoms with van der Waals surface area (Å²) in [5, 5.41) is 0. The van der Waals surface area contributed by atoms with E-state index in [4.69, 9.17) is 5.84 Å². The van der Waals surface area contributed by atoms with Gasteiger partial charge >= 0.3 is 0 Å². The lowest BCUT2D eigenvalue weighted by atomic mass is 10.2. The van der Waals surface area contributed by atoms with E-state index in [1.165, 1.54) is 26.0 Å². The standard InChI is InChI=1S/C10H18N4O4S2/c1-10(2,19(3,15)16)7-13-20(17,18)8-4-5-9(14-11)12-6-8/h4-6,13H,7,11H2,1-3H3,(H,12,14). The molecule has 0 radical (unpaired) electrons. The fraction of sp³-hybridized carbons (Fsp3) is 0.500. The summed E-state index contributed by atoms with van der Waals surface area (Å²) in [6, 6.07) is 2.72. The minimum Gasteiger partial charge on any atom is -0.308 e. The number of nitrogens with zero attached hydrogens (tertiary/aromatic N) is 1. The van der Waals surface area contributed by atoms with Crippen molar-refractivity contribution < 1.29 is 16.8 Å². The summed E-state index contributed by atoms with van der Waals surface area (Å²) in [5.74, 6) is 5.45. The van der Waals surface area contributed by atoms with E-state index >= 15 is 0 Å². The molecule has 0 aromatic carbocycles. The number of nitrogen functional groups attached to an aromatic ring is 1. The summed E-state index contributed by atoms with van der Waals surface area (Å²) in [4.78, 5) is 3.71. The van der Waals surface area contributed by atoms with Gasteiger partial charge in [0.05, 0.1) is 4.75 Å². The third-order valence-electron chi connectivity index (χ3n) is 2.89. The number of hydrogen-bond donors (Lipinski definition) is 3. The van der Waals surface area contributed by atoms with Gasteiger partial charge in [0.15, 0.2) is 9.84 Å². The SMILES string of the molecule is CC(C)(CNS(=O)(=O)c1ccc(NN)nc1)S(C)(=O)=O. The molecule has 0 fully saturated rings. The van der Waals surface area contributed by atoms with Crippen molar-refractivity contribution in [2.45, 2.75) is 23.5 Å². The van der Waals surface area contributed by atoms with Gasteiger partial charge in [-0.15, -0.1) is 0 Å². The molecule has 4 N–H and O–H groups in total. The van der Waals surface area contributed by atoms with Gasteiger partial charge in [-0.1, -0.05) is 0 Å². The number of pyridine rings is 1. The molecule has 10 heteroatoms. The first-order valence-electron chi connectivity index (χ1n) is 5.61. The molecule has 0 aliphatic carbocycles. The van der Waals surface area contributed by atoms with Gasteiger partial charge < -0.3 is 5.43 Å². The second kappa shape index (κ2) is 5.64. The molecule has 0 amide bonds. The summed E-state index contributed by atoms with van der Waals surface area (Å²) in [5.41, 5.74) is 2.28. The minimum absolute atomic E-state index is 0.0687. The van der Waals surface area contributed by atoms with E-state index < -0.39 is 24.6 Å². The summed E-state index contributed by atoms with van der Waals surface area (Å²) in [6.07, 6.45) is 2.19. The van der Waals surface area contributed by atoms with Crippen LogP contribution < -0.4 is 16.0 Å². The van der Waals surface area contributed by atoms with E-state index in [0.29, 0.717) is 5.82 Å². The molecule has 0 atom stereocenters. The van der Waals surface area contributed by atoms with Crippen LogP contribution in [0.3, 0.4) is 0 Å². The van der Waals surface area contributed by atoms with Gasteiger partial charge in [0.25, 0.3) is 0 Å². The number of hydrogen-bond acceptors (Lipinski definition) is 7. The average molecular weight is 322 g/mol. The van der Waals surface area contributed by atoms with Crippen LogP contribution >= 0.6 is 0 Å². The zero-order chi connectivity index (χ0) is 15.6. The molecule has 0 bridgehead atoms. The monoisotopic (exact) mass is 322 g/mol. The zero-order valence-electron chi connectivity index (χ0n) is 11.4. The molecule has 0 unspecified atom stereocenters. The predicted octanol–water partition coefficient (Wildman–Crippen LogP) is -0.531. The predicted molar refractivity (Wildman–Crippen MR) is 76.2 cm³/mol. The van der Waals surface area contributed by atoms with Crippen molar-refractivity contribution in [1.82, 2.24) is 9.71 Å². The van der Waals surface area contributed by atoms with Crippen molar-refractivity contribution in [3.63, 3.8) is 0 Å². The Labute approximate surface area is 118 Å². The Hall–Kier alpha value is -1.23. The van der Waals surface area contributed by atoms with Crippen molar-refractivity contribution in [2.24, 2.45) is 5.84 Å². The summed E-state index contributed by atoms with van der Waals surface area (Å²) >= 11 is 0. The number of hydrazine groups is 1. The smallest absolute Gasteiger partial charge is 0.242 e. The van der Waals surface area contributed by atoms with Crippen molar-refractivity contribution in [1.29, 1.82) is 0 Å². The summed E-state index contributed by atoms with van der Waals surface area (Å²) in [7, 11) is -7.21. The number of sulfone groups is 1. The fourth-order valence-electron chi connectivity index (χ4n) is 1.11. The van der Waals surface area contributed by atoms with Gasteiger partial charge in [-0.2, -0.15) is 0 Å². The van der Waals surface area contributed by atoms with Crippen LogP contribution in [-0.2, 0) is 19.9 Å². The highest BCUT2D eigenvalue weighted by molar-refractivity contribution is 7.92. The van der Waals surface area contributed by atoms with Crippen molar-refractivity contribution in [2.75, 3.05) is 18.2 Å². The van der Waals surface area contributed by atoms with E-state index in [1.54, 1.807) is 0 Å². The Kier molecular flexibility index (Phi) is 4.74. The Morgan fingerprint density at radius 3 is 2.25 bits per heavy atom. The van der Waals surface area contributed by atoms with E-state index in [1.807, 2.05) is 0 Å². The van der Waals surface area contributed by atoms with E-state index in [-0.39, 0.29) is 11.4 Å². The van der Waals surface area contributed by atoms with Gasteiger partial charge in [0.1, 0.15) is 10.7 Å². The van der Waals surface area contributed by atoms with Gasteiger partial charge in [0.2, 0.25) is 10.0 Å². The molecule has 0 saturated carbocycles. The van der Waals surface area contributed by atoms with E-state index in [0.717, 1.165) is 12.5 Å². The van der Waals surface area contributed by atoms with Gasteiger partial charge in [-0.3, -0.25) is 0 Å². The lowest BCUT2D eigenvalue weighted by molar-refractivity contribution is 0.537. The molecular formula is C10H18N4O4S2. The largest absolute Gasteiger partial charge is 0.308 e. The molecule has 0 spiro atoms. The van der Waals surface area contributed by atoms with Crippen LogP contribution in [-0.4, -0.2) is 39.4 Å². The molecule has 20 heavy (non-hydrogen) atoms. The molecule has 0 aliphatic heterocycles. The van der Waals surface area contributed by atoms with Crippen LogP contribution in [0.5, 0.6) is 0 Å². The second-order valence-corrected chi connectivity index (χ2v) is 9.30. The first-order chi connectivity index (χ1) is 8.99. The van der Waals surface area contributed by atoms with Crippen molar-refractivity contribution >= 4 is 25.7 Å². The molecule has 1 rings (SSSR count). The number of aromatic nitrogens is 1. The highest BCUT2D eigenvalue weighted by Crippen LogP contribution is 2.16. The Morgan fingerprint density at radius 1 is 1.25 bits per heavy atom. The molecule has 0 saturated heterocycles. The number of nitrogens with one attached hydrogen (secondary N) is 2. The number of sulfonamides is 1. The van der Waals surface area contributed by atoms with E-state index in [9.17, 15) is 16.8 Å². The van der Waals surface area contributed by atoms with Crippen LogP contribution in [0.1, 0.15) is 13.8 Å². The fourth-order valence-corrected chi connectivity index (χ4v) is 2.69. The van der Waals surface area contributed by atoms with Crippen LogP contribution in [0.15, 0.2) is 23.2 Å². The minimum atomic E-state index is -3.82. The lowest BCUT2D eigenvalue weighted by Crippen LogP contribution is -2.43. The Bertz CT molecular complexity index is 666. The lowest BCUT2D eigenvalue weighted by Gasteiger charge is -2.22. The Morgan fingerprint density at radius 2 is 1.85 bits per heavy atom. The van der Waals surface area contributed by atoms with Gasteiger partial charge in [-0.25, -0.2) is 32.4 Å². The van der Waals surface area contributed by atoms with Crippen molar-refractivity contribution in [3.05, 3.63) is 18.3 Å². The summed E-state index contributed by atoms with van der Waals surface area (Å²) < 4.78 is 48.1. The van der Waals surface area contributed by atoms with Crippen LogP contribution in [0, 0.1) is 0 Å². The molecule has 114 valence electrons. The van der Waals surface area contributed by atoms with Crippen LogP contribution in [0.2, 0.25) is 0 Å². The van der Waals surface area contributed by atoms with Gasteiger partial charge in [-0.05, 0) is 26.0 Å².